The number of hydrogen-bond acceptors (Lipinski definition) is 2. The summed E-state index contributed by atoms with van der Waals surface area (Å²) in [4.78, 5) is 27.5. The lowest BCUT2D eigenvalue weighted by Gasteiger charge is -2.34. The molecule has 0 spiro atoms. The van der Waals surface area contributed by atoms with Crippen molar-refractivity contribution in [2.45, 2.75) is 64.0 Å². The summed E-state index contributed by atoms with van der Waals surface area (Å²) in [5, 5.41) is 2.93. The van der Waals surface area contributed by atoms with Crippen molar-refractivity contribution < 1.29 is 14.0 Å². The zero-order valence-corrected chi connectivity index (χ0v) is 14.7. The van der Waals surface area contributed by atoms with Gasteiger partial charge in [0.1, 0.15) is 11.9 Å². The molecule has 1 heterocycles. The lowest BCUT2D eigenvalue weighted by Crippen LogP contribution is -2.50. The van der Waals surface area contributed by atoms with Gasteiger partial charge in [0.05, 0.1) is 0 Å². The first-order valence-corrected chi connectivity index (χ1v) is 9.48. The first-order valence-electron chi connectivity index (χ1n) is 9.48. The molecule has 1 saturated carbocycles. The molecule has 0 bridgehead atoms. The SMILES string of the molecule is O=C1NCCCCC1N(Cc1ccc(F)cc1)C(=O)C1CCCCC1. The topological polar surface area (TPSA) is 49.4 Å². The Morgan fingerprint density at radius 2 is 1.72 bits per heavy atom. The number of nitrogens with zero attached hydrogens (tertiary/aromatic N) is 1. The Kier molecular flexibility index (Phi) is 6.05. The van der Waals surface area contributed by atoms with Crippen LogP contribution in [-0.4, -0.2) is 29.3 Å². The van der Waals surface area contributed by atoms with E-state index in [1.54, 1.807) is 17.0 Å². The summed E-state index contributed by atoms with van der Waals surface area (Å²) >= 11 is 0. The van der Waals surface area contributed by atoms with E-state index in [-0.39, 0.29) is 23.5 Å². The number of amides is 2. The molecule has 3 rings (SSSR count). The molecule has 0 aromatic heterocycles. The lowest BCUT2D eigenvalue weighted by atomic mass is 9.87. The molecule has 1 aliphatic carbocycles. The number of carbonyl (C=O) groups excluding carboxylic acids is 2. The number of rotatable bonds is 4. The molecule has 0 radical (unpaired) electrons. The molecule has 1 aliphatic heterocycles. The lowest BCUT2D eigenvalue weighted by molar-refractivity contribution is -0.145. The third-order valence-electron chi connectivity index (χ3n) is 5.39. The Hall–Kier alpha value is -1.91. The van der Waals surface area contributed by atoms with E-state index in [1.807, 2.05) is 0 Å². The third kappa shape index (κ3) is 4.59. The van der Waals surface area contributed by atoms with Crippen molar-refractivity contribution in [2.75, 3.05) is 6.54 Å². The van der Waals surface area contributed by atoms with Crippen LogP contribution in [0.5, 0.6) is 0 Å². The minimum atomic E-state index is -0.415. The van der Waals surface area contributed by atoms with E-state index in [9.17, 15) is 14.0 Å². The van der Waals surface area contributed by atoms with E-state index in [1.165, 1.54) is 18.6 Å². The first-order chi connectivity index (χ1) is 12.1. The van der Waals surface area contributed by atoms with Gasteiger partial charge in [0, 0.05) is 19.0 Å². The fraction of sp³-hybridized carbons (Fsp3) is 0.600. The average Bonchev–Trinajstić information content (AvgIpc) is 2.86. The Bertz CT molecular complexity index is 596. The summed E-state index contributed by atoms with van der Waals surface area (Å²) < 4.78 is 13.2. The quantitative estimate of drug-likeness (QED) is 0.908. The molecule has 4 nitrogen and oxygen atoms in total. The molecule has 1 unspecified atom stereocenters. The molecule has 2 fully saturated rings. The van der Waals surface area contributed by atoms with Crippen LogP contribution in [0, 0.1) is 11.7 Å². The van der Waals surface area contributed by atoms with Gasteiger partial charge < -0.3 is 10.2 Å². The molecule has 1 aromatic carbocycles. The number of carbonyl (C=O) groups is 2. The highest BCUT2D eigenvalue weighted by Crippen LogP contribution is 2.28. The van der Waals surface area contributed by atoms with Crippen LogP contribution in [-0.2, 0) is 16.1 Å². The second-order valence-corrected chi connectivity index (χ2v) is 7.23. The maximum absolute atomic E-state index is 13.2. The van der Waals surface area contributed by atoms with Gasteiger partial charge in [-0.15, -0.1) is 0 Å². The Labute approximate surface area is 148 Å². The maximum Gasteiger partial charge on any atom is 0.242 e. The van der Waals surface area contributed by atoms with Crippen LogP contribution >= 0.6 is 0 Å². The molecular formula is C20H27FN2O2. The molecule has 1 atom stereocenters. The molecule has 5 heteroatoms. The molecule has 1 saturated heterocycles. The highest BCUT2D eigenvalue weighted by Gasteiger charge is 2.34. The fourth-order valence-corrected chi connectivity index (χ4v) is 3.93. The maximum atomic E-state index is 13.2. The predicted molar refractivity (Wildman–Crippen MR) is 94.2 cm³/mol. The number of nitrogens with one attached hydrogen (secondary N) is 1. The van der Waals surface area contributed by atoms with Crippen molar-refractivity contribution in [2.24, 2.45) is 5.92 Å². The van der Waals surface area contributed by atoms with Gasteiger partial charge in [0.25, 0.3) is 0 Å². The zero-order valence-electron chi connectivity index (χ0n) is 14.7. The highest BCUT2D eigenvalue weighted by molar-refractivity contribution is 5.88. The van der Waals surface area contributed by atoms with E-state index < -0.39 is 6.04 Å². The second-order valence-electron chi connectivity index (χ2n) is 7.23. The molecule has 2 aliphatic rings. The number of halogens is 1. The molecule has 2 amide bonds. The van der Waals surface area contributed by atoms with Crippen LogP contribution in [0.2, 0.25) is 0 Å². The van der Waals surface area contributed by atoms with Crippen LogP contribution in [0.4, 0.5) is 4.39 Å². The fourth-order valence-electron chi connectivity index (χ4n) is 3.93. The van der Waals surface area contributed by atoms with E-state index >= 15 is 0 Å². The Morgan fingerprint density at radius 3 is 2.44 bits per heavy atom. The van der Waals surface area contributed by atoms with E-state index in [0.717, 1.165) is 44.1 Å². The molecule has 1 N–H and O–H groups in total. The van der Waals surface area contributed by atoms with Crippen molar-refractivity contribution in [1.82, 2.24) is 10.2 Å². The molecule has 136 valence electrons. The summed E-state index contributed by atoms with van der Waals surface area (Å²) in [6.07, 6.45) is 7.75. The van der Waals surface area contributed by atoms with E-state index in [2.05, 4.69) is 5.32 Å². The first kappa shape index (κ1) is 17.9. The van der Waals surface area contributed by atoms with Crippen LogP contribution in [0.3, 0.4) is 0 Å². The third-order valence-corrected chi connectivity index (χ3v) is 5.39. The van der Waals surface area contributed by atoms with Gasteiger partial charge in [-0.3, -0.25) is 9.59 Å². The molecular weight excluding hydrogens is 319 g/mol. The van der Waals surface area contributed by atoms with Gasteiger partial charge in [0.15, 0.2) is 0 Å². The smallest absolute Gasteiger partial charge is 0.242 e. The monoisotopic (exact) mass is 346 g/mol. The van der Waals surface area contributed by atoms with Gasteiger partial charge in [-0.25, -0.2) is 4.39 Å². The second kappa shape index (κ2) is 8.45. The zero-order chi connectivity index (χ0) is 17.6. The molecule has 25 heavy (non-hydrogen) atoms. The van der Waals surface area contributed by atoms with Crippen LogP contribution in [0.1, 0.15) is 56.9 Å². The van der Waals surface area contributed by atoms with Crippen molar-refractivity contribution in [1.29, 1.82) is 0 Å². The number of benzene rings is 1. The van der Waals surface area contributed by atoms with Crippen LogP contribution in [0.15, 0.2) is 24.3 Å². The summed E-state index contributed by atoms with van der Waals surface area (Å²) in [6, 6.07) is 5.80. The highest BCUT2D eigenvalue weighted by atomic mass is 19.1. The van der Waals surface area contributed by atoms with Crippen molar-refractivity contribution in [3.05, 3.63) is 35.6 Å². The summed E-state index contributed by atoms with van der Waals surface area (Å²) in [5.74, 6) is -0.235. The van der Waals surface area contributed by atoms with Gasteiger partial charge in [-0.05, 0) is 49.8 Å². The van der Waals surface area contributed by atoms with Crippen LogP contribution in [0.25, 0.3) is 0 Å². The summed E-state index contributed by atoms with van der Waals surface area (Å²) in [6.45, 7) is 1.05. The standard InChI is InChI=1S/C20H27FN2O2/c21-17-11-9-15(10-12-17)14-23(18-8-4-5-13-22-19(18)24)20(25)16-6-2-1-3-7-16/h9-12,16,18H,1-8,13-14H2,(H,22,24). The van der Waals surface area contributed by atoms with Crippen molar-refractivity contribution in [3.8, 4) is 0 Å². The van der Waals surface area contributed by atoms with Gasteiger partial charge >= 0.3 is 0 Å². The van der Waals surface area contributed by atoms with E-state index in [0.29, 0.717) is 19.5 Å². The Morgan fingerprint density at radius 1 is 1.04 bits per heavy atom. The van der Waals surface area contributed by atoms with Crippen molar-refractivity contribution >= 4 is 11.8 Å². The normalized spacial score (nSPS) is 22.1. The van der Waals surface area contributed by atoms with Gasteiger partial charge in [0.2, 0.25) is 11.8 Å². The molecule has 1 aromatic rings. The number of hydrogen-bond donors (Lipinski definition) is 1. The van der Waals surface area contributed by atoms with Gasteiger partial charge in [-0.2, -0.15) is 0 Å². The minimum Gasteiger partial charge on any atom is -0.354 e. The van der Waals surface area contributed by atoms with Gasteiger partial charge in [-0.1, -0.05) is 31.4 Å². The predicted octanol–water partition coefficient (Wildman–Crippen LogP) is 3.40. The summed E-state index contributed by atoms with van der Waals surface area (Å²) in [5.41, 5.74) is 0.864. The van der Waals surface area contributed by atoms with E-state index in [4.69, 9.17) is 0 Å². The van der Waals surface area contributed by atoms with Crippen molar-refractivity contribution in [3.63, 3.8) is 0 Å². The minimum absolute atomic E-state index is 0.0188. The summed E-state index contributed by atoms with van der Waals surface area (Å²) in [7, 11) is 0. The van der Waals surface area contributed by atoms with Crippen LogP contribution < -0.4 is 5.32 Å². The largest absolute Gasteiger partial charge is 0.354 e. The Balaban J connectivity index is 1.82. The average molecular weight is 346 g/mol.